The van der Waals surface area contributed by atoms with Crippen LogP contribution in [0.3, 0.4) is 0 Å². The van der Waals surface area contributed by atoms with Crippen molar-refractivity contribution in [1.82, 2.24) is 4.31 Å². The summed E-state index contributed by atoms with van der Waals surface area (Å²) in [6.07, 6.45) is 4.10. The fourth-order valence-corrected chi connectivity index (χ4v) is 4.63. The van der Waals surface area contributed by atoms with E-state index < -0.39 is 10.0 Å². The normalized spacial score (nSPS) is 20.6. The van der Waals surface area contributed by atoms with E-state index in [9.17, 15) is 8.42 Å². The molecule has 1 N–H and O–H groups in total. The molecule has 0 aromatic heterocycles. The number of hydrogen-bond acceptors (Lipinski definition) is 3. The van der Waals surface area contributed by atoms with E-state index in [1.165, 1.54) is 5.56 Å². The standard InChI is InChI=1S/C15H22N2O2S/c1-2-12-6-9-17(10-7-12)20(18,19)14-4-3-13-5-8-16-15(13)11-14/h3-4,11-12,16H,2,5-10H2,1H3. The number of benzene rings is 1. The van der Waals surface area contributed by atoms with Crippen LogP contribution in [0.15, 0.2) is 23.1 Å². The molecule has 2 aliphatic heterocycles. The summed E-state index contributed by atoms with van der Waals surface area (Å²) in [5, 5.41) is 3.25. The molecule has 0 spiro atoms. The number of rotatable bonds is 3. The van der Waals surface area contributed by atoms with Crippen molar-refractivity contribution < 1.29 is 8.42 Å². The summed E-state index contributed by atoms with van der Waals surface area (Å²) < 4.78 is 27.0. The third-order valence-corrected chi connectivity index (χ3v) is 6.47. The predicted octanol–water partition coefficient (Wildman–Crippen LogP) is 2.47. The van der Waals surface area contributed by atoms with E-state index in [0.717, 1.165) is 37.9 Å². The Kier molecular flexibility index (Phi) is 3.73. The minimum Gasteiger partial charge on any atom is -0.384 e. The van der Waals surface area contributed by atoms with E-state index in [2.05, 4.69) is 12.2 Å². The lowest BCUT2D eigenvalue weighted by Crippen LogP contribution is -2.38. The molecule has 2 aliphatic rings. The van der Waals surface area contributed by atoms with Crippen molar-refractivity contribution in [3.63, 3.8) is 0 Å². The minimum absolute atomic E-state index is 0.431. The first-order valence-electron chi connectivity index (χ1n) is 7.48. The van der Waals surface area contributed by atoms with Crippen molar-refractivity contribution in [3.8, 4) is 0 Å². The molecule has 20 heavy (non-hydrogen) atoms. The Morgan fingerprint density at radius 1 is 1.30 bits per heavy atom. The molecule has 1 aromatic rings. The van der Waals surface area contributed by atoms with Crippen molar-refractivity contribution in [2.75, 3.05) is 25.0 Å². The number of hydrogen-bond donors (Lipinski definition) is 1. The van der Waals surface area contributed by atoms with Crippen molar-refractivity contribution in [2.24, 2.45) is 5.92 Å². The topological polar surface area (TPSA) is 49.4 Å². The molecule has 5 heteroatoms. The van der Waals surface area contributed by atoms with Gasteiger partial charge in [-0.25, -0.2) is 8.42 Å². The predicted molar refractivity (Wildman–Crippen MR) is 80.4 cm³/mol. The van der Waals surface area contributed by atoms with Crippen molar-refractivity contribution in [1.29, 1.82) is 0 Å². The SMILES string of the molecule is CCC1CCN(S(=O)(=O)c2ccc3c(c2)NCC3)CC1. The average Bonchev–Trinajstić information content (AvgIpc) is 2.94. The fourth-order valence-electron chi connectivity index (χ4n) is 3.14. The maximum Gasteiger partial charge on any atom is 0.243 e. The van der Waals surface area contributed by atoms with Crippen LogP contribution >= 0.6 is 0 Å². The third-order valence-electron chi connectivity index (χ3n) is 4.58. The molecule has 3 rings (SSSR count). The van der Waals surface area contributed by atoms with Gasteiger partial charge >= 0.3 is 0 Å². The average molecular weight is 294 g/mol. The molecule has 0 saturated carbocycles. The molecule has 4 nitrogen and oxygen atoms in total. The van der Waals surface area contributed by atoms with Gasteiger partial charge in [-0.3, -0.25) is 0 Å². The van der Waals surface area contributed by atoms with Crippen LogP contribution in [0.1, 0.15) is 31.7 Å². The number of nitrogens with one attached hydrogen (secondary N) is 1. The highest BCUT2D eigenvalue weighted by Gasteiger charge is 2.29. The van der Waals surface area contributed by atoms with Crippen LogP contribution in [-0.2, 0) is 16.4 Å². The van der Waals surface area contributed by atoms with Crippen LogP contribution in [0.25, 0.3) is 0 Å². The van der Waals surface area contributed by atoms with Crippen LogP contribution in [-0.4, -0.2) is 32.4 Å². The largest absolute Gasteiger partial charge is 0.384 e. The van der Waals surface area contributed by atoms with Gasteiger partial charge in [-0.1, -0.05) is 19.4 Å². The lowest BCUT2D eigenvalue weighted by Gasteiger charge is -2.30. The fraction of sp³-hybridized carbons (Fsp3) is 0.600. The quantitative estimate of drug-likeness (QED) is 0.931. The second kappa shape index (κ2) is 5.37. The molecular formula is C15H22N2O2S. The van der Waals surface area contributed by atoms with E-state index in [4.69, 9.17) is 0 Å². The van der Waals surface area contributed by atoms with Gasteiger partial charge in [0.15, 0.2) is 0 Å². The zero-order valence-corrected chi connectivity index (χ0v) is 12.7. The van der Waals surface area contributed by atoms with Gasteiger partial charge in [-0.05, 0) is 42.9 Å². The summed E-state index contributed by atoms with van der Waals surface area (Å²) in [5.74, 6) is 0.683. The Bertz CT molecular complexity index is 590. The first-order valence-corrected chi connectivity index (χ1v) is 8.92. The molecular weight excluding hydrogens is 272 g/mol. The highest BCUT2D eigenvalue weighted by molar-refractivity contribution is 7.89. The summed E-state index contributed by atoms with van der Waals surface area (Å²) in [6, 6.07) is 5.50. The maximum absolute atomic E-state index is 12.7. The van der Waals surface area contributed by atoms with Gasteiger partial charge in [0.1, 0.15) is 0 Å². The zero-order valence-electron chi connectivity index (χ0n) is 11.9. The second-order valence-electron chi connectivity index (χ2n) is 5.75. The smallest absolute Gasteiger partial charge is 0.243 e. The van der Waals surface area contributed by atoms with Crippen molar-refractivity contribution in [2.45, 2.75) is 37.5 Å². The molecule has 0 radical (unpaired) electrons. The highest BCUT2D eigenvalue weighted by atomic mass is 32.2. The molecule has 1 aromatic carbocycles. The van der Waals surface area contributed by atoms with Crippen LogP contribution in [0.4, 0.5) is 5.69 Å². The molecule has 0 unspecified atom stereocenters. The van der Waals surface area contributed by atoms with Crippen LogP contribution in [0, 0.1) is 5.92 Å². The number of piperidine rings is 1. The molecule has 1 saturated heterocycles. The van der Waals surface area contributed by atoms with Crippen molar-refractivity contribution in [3.05, 3.63) is 23.8 Å². The van der Waals surface area contributed by atoms with E-state index in [-0.39, 0.29) is 0 Å². The lowest BCUT2D eigenvalue weighted by molar-refractivity contribution is 0.269. The maximum atomic E-state index is 12.7. The number of sulfonamides is 1. The minimum atomic E-state index is -3.32. The Labute approximate surface area is 121 Å². The van der Waals surface area contributed by atoms with Crippen molar-refractivity contribution >= 4 is 15.7 Å². The van der Waals surface area contributed by atoms with Gasteiger partial charge in [0, 0.05) is 25.3 Å². The van der Waals surface area contributed by atoms with E-state index in [0.29, 0.717) is 23.9 Å². The van der Waals surface area contributed by atoms with Crippen LogP contribution in [0.2, 0.25) is 0 Å². The van der Waals surface area contributed by atoms with Gasteiger partial charge in [0.25, 0.3) is 0 Å². The third kappa shape index (κ3) is 2.44. The summed E-state index contributed by atoms with van der Waals surface area (Å²) in [7, 11) is -3.32. The highest BCUT2D eigenvalue weighted by Crippen LogP contribution is 2.29. The molecule has 0 atom stereocenters. The number of nitrogens with zero attached hydrogens (tertiary/aromatic N) is 1. The second-order valence-corrected chi connectivity index (χ2v) is 7.69. The van der Waals surface area contributed by atoms with Gasteiger partial charge in [-0.15, -0.1) is 0 Å². The summed E-state index contributed by atoms with van der Waals surface area (Å²) in [4.78, 5) is 0.431. The van der Waals surface area contributed by atoms with Gasteiger partial charge in [0.2, 0.25) is 10.0 Å². The molecule has 110 valence electrons. The van der Waals surface area contributed by atoms with E-state index in [1.54, 1.807) is 16.4 Å². The van der Waals surface area contributed by atoms with Crippen LogP contribution < -0.4 is 5.32 Å². The molecule has 0 bridgehead atoms. The van der Waals surface area contributed by atoms with E-state index >= 15 is 0 Å². The number of fused-ring (bicyclic) bond motifs is 1. The molecule has 0 aliphatic carbocycles. The van der Waals surface area contributed by atoms with Gasteiger partial charge in [0.05, 0.1) is 4.90 Å². The van der Waals surface area contributed by atoms with Gasteiger partial charge in [-0.2, -0.15) is 4.31 Å². The first-order chi connectivity index (χ1) is 9.61. The molecule has 0 amide bonds. The Balaban J connectivity index is 1.82. The summed E-state index contributed by atoms with van der Waals surface area (Å²) in [6.45, 7) is 4.40. The first kappa shape index (κ1) is 13.9. The summed E-state index contributed by atoms with van der Waals surface area (Å²) >= 11 is 0. The molecule has 1 fully saturated rings. The monoisotopic (exact) mass is 294 g/mol. The summed E-state index contributed by atoms with van der Waals surface area (Å²) in [5.41, 5.74) is 2.20. The lowest BCUT2D eigenvalue weighted by atomic mass is 9.96. The Morgan fingerprint density at radius 3 is 2.75 bits per heavy atom. The van der Waals surface area contributed by atoms with E-state index in [1.807, 2.05) is 6.07 Å². The zero-order chi connectivity index (χ0) is 14.2. The Morgan fingerprint density at radius 2 is 2.05 bits per heavy atom. The van der Waals surface area contributed by atoms with Gasteiger partial charge < -0.3 is 5.32 Å². The number of anilines is 1. The molecule has 2 heterocycles. The van der Waals surface area contributed by atoms with Crippen LogP contribution in [0.5, 0.6) is 0 Å². The Hall–Kier alpha value is -1.07.